The van der Waals surface area contributed by atoms with E-state index in [-0.39, 0.29) is 23.4 Å². The molecule has 1 unspecified atom stereocenters. The van der Waals surface area contributed by atoms with Crippen LogP contribution in [0.5, 0.6) is 0 Å². The molecule has 0 bridgehead atoms. The summed E-state index contributed by atoms with van der Waals surface area (Å²) in [6.45, 7) is 1.66. The van der Waals surface area contributed by atoms with Gasteiger partial charge in [-0.15, -0.1) is 4.39 Å². The molecule has 2 atom stereocenters. The summed E-state index contributed by atoms with van der Waals surface area (Å²) in [6.07, 6.45) is 11.8. The molecule has 0 aromatic rings. The second-order valence-corrected chi connectivity index (χ2v) is 4.57. The number of hydrogen-bond acceptors (Lipinski definition) is 1. The van der Waals surface area contributed by atoms with E-state index in [4.69, 9.17) is 0 Å². The molecule has 1 fully saturated rings. The number of ketones is 1. The number of allylic oxidation sites excluding steroid dienone is 6. The molecule has 0 N–H and O–H groups in total. The lowest BCUT2D eigenvalue weighted by molar-refractivity contribution is -0.122. The Morgan fingerprint density at radius 1 is 1.38 bits per heavy atom. The van der Waals surface area contributed by atoms with E-state index in [0.29, 0.717) is 0 Å². The molecule has 0 saturated heterocycles. The molecular formula is C14H16FO+. The van der Waals surface area contributed by atoms with Crippen LogP contribution in [0.2, 0.25) is 0 Å². The molecule has 0 aromatic carbocycles. The van der Waals surface area contributed by atoms with Crippen LogP contribution in [-0.4, -0.2) is 5.78 Å². The lowest BCUT2D eigenvalue weighted by atomic mass is 9.73. The first-order chi connectivity index (χ1) is 7.68. The fraction of sp³-hybridized carbons (Fsp3) is 0.500. The zero-order valence-electron chi connectivity index (χ0n) is 9.50. The lowest BCUT2D eigenvalue weighted by Gasteiger charge is -2.28. The van der Waals surface area contributed by atoms with Crippen molar-refractivity contribution >= 4 is 5.78 Å². The number of hydrogen-bond donors (Lipinski definition) is 0. The van der Waals surface area contributed by atoms with Gasteiger partial charge in [0.25, 0.3) is 0 Å². The van der Waals surface area contributed by atoms with Gasteiger partial charge in [0.1, 0.15) is 17.4 Å². The largest absolute Gasteiger partial charge is 0.300 e. The number of carbonyl (C=O) groups is 1. The van der Waals surface area contributed by atoms with Crippen LogP contribution in [0.25, 0.3) is 0 Å². The molecule has 0 amide bonds. The van der Waals surface area contributed by atoms with Crippen molar-refractivity contribution in [2.45, 2.75) is 32.6 Å². The van der Waals surface area contributed by atoms with Gasteiger partial charge in [-0.25, -0.2) is 0 Å². The van der Waals surface area contributed by atoms with E-state index in [1.807, 2.05) is 0 Å². The molecule has 0 aliphatic heterocycles. The Bertz CT molecular complexity index is 376. The standard InChI is InChI=1S/C14H16FO/c1-10(16)13-4-2-3-5-14(13)11-6-8-12(15)9-7-11/h6,8-9,13-14H,2-5H2,1H3/q+1/t13-,14?/m1/s1. The smallest absolute Gasteiger partial charge is 0.240 e. The SMILES string of the molecule is CC(=O)[C@H]1CCCCC1C1=[C+]C=C(F)C=C1. The van der Waals surface area contributed by atoms with E-state index in [2.05, 4.69) is 6.08 Å². The molecule has 2 rings (SSSR count). The van der Waals surface area contributed by atoms with Gasteiger partial charge in [0.05, 0.1) is 12.2 Å². The molecule has 84 valence electrons. The summed E-state index contributed by atoms with van der Waals surface area (Å²) in [5.74, 6) is 0.337. The van der Waals surface area contributed by atoms with Gasteiger partial charge in [0, 0.05) is 17.9 Å². The van der Waals surface area contributed by atoms with Crippen molar-refractivity contribution in [3.63, 3.8) is 0 Å². The zero-order chi connectivity index (χ0) is 11.5. The molecule has 16 heavy (non-hydrogen) atoms. The maximum Gasteiger partial charge on any atom is 0.240 e. The summed E-state index contributed by atoms with van der Waals surface area (Å²) in [7, 11) is 0. The minimum atomic E-state index is -0.265. The van der Waals surface area contributed by atoms with Crippen molar-refractivity contribution in [3.05, 3.63) is 35.7 Å². The first-order valence-electron chi connectivity index (χ1n) is 5.86. The van der Waals surface area contributed by atoms with Gasteiger partial charge in [-0.2, -0.15) is 0 Å². The van der Waals surface area contributed by atoms with E-state index in [1.54, 1.807) is 13.0 Å². The Hall–Kier alpha value is -1.27. The van der Waals surface area contributed by atoms with Crippen LogP contribution in [0.1, 0.15) is 32.6 Å². The number of halogens is 1. The summed E-state index contributed by atoms with van der Waals surface area (Å²) in [5.41, 5.74) is 0.987. The van der Waals surface area contributed by atoms with Crippen LogP contribution in [0.15, 0.2) is 29.6 Å². The van der Waals surface area contributed by atoms with Gasteiger partial charge in [-0.1, -0.05) is 12.8 Å². The van der Waals surface area contributed by atoms with E-state index in [1.165, 1.54) is 12.2 Å². The van der Waals surface area contributed by atoms with E-state index in [9.17, 15) is 9.18 Å². The highest BCUT2D eigenvalue weighted by atomic mass is 19.1. The Labute approximate surface area is 95.7 Å². The molecular weight excluding hydrogens is 203 g/mol. The van der Waals surface area contributed by atoms with Gasteiger partial charge < -0.3 is 0 Å². The minimum Gasteiger partial charge on any atom is -0.300 e. The molecule has 0 spiro atoms. The fourth-order valence-electron chi connectivity index (χ4n) is 2.64. The van der Waals surface area contributed by atoms with Gasteiger partial charge in [-0.05, 0) is 19.8 Å². The maximum absolute atomic E-state index is 12.8. The van der Waals surface area contributed by atoms with Crippen LogP contribution in [0, 0.1) is 17.9 Å². The van der Waals surface area contributed by atoms with E-state index >= 15 is 0 Å². The topological polar surface area (TPSA) is 17.1 Å². The van der Waals surface area contributed by atoms with Crippen molar-refractivity contribution in [2.75, 3.05) is 0 Å². The van der Waals surface area contributed by atoms with Crippen molar-refractivity contribution in [1.82, 2.24) is 0 Å². The predicted octanol–water partition coefficient (Wildman–Crippen LogP) is 3.53. The van der Waals surface area contributed by atoms with Crippen LogP contribution in [-0.2, 0) is 4.79 Å². The minimum absolute atomic E-state index is 0.107. The van der Waals surface area contributed by atoms with Crippen molar-refractivity contribution in [2.24, 2.45) is 11.8 Å². The van der Waals surface area contributed by atoms with Gasteiger partial charge in [-0.3, -0.25) is 4.79 Å². The number of rotatable bonds is 2. The number of carbonyl (C=O) groups excluding carboxylic acids is 1. The monoisotopic (exact) mass is 219 g/mol. The van der Waals surface area contributed by atoms with Crippen molar-refractivity contribution < 1.29 is 9.18 Å². The molecule has 0 radical (unpaired) electrons. The Balaban J connectivity index is 2.19. The zero-order valence-corrected chi connectivity index (χ0v) is 9.50. The average molecular weight is 219 g/mol. The fourth-order valence-corrected chi connectivity index (χ4v) is 2.64. The van der Waals surface area contributed by atoms with Crippen molar-refractivity contribution in [3.8, 4) is 0 Å². The third-order valence-corrected chi connectivity index (χ3v) is 3.49. The highest BCUT2D eigenvalue weighted by Crippen LogP contribution is 2.37. The summed E-state index contributed by atoms with van der Waals surface area (Å²) in [5, 5.41) is 0. The summed E-state index contributed by atoms with van der Waals surface area (Å²) in [6, 6.07) is 0. The predicted molar refractivity (Wildman–Crippen MR) is 61.2 cm³/mol. The summed E-state index contributed by atoms with van der Waals surface area (Å²) >= 11 is 0. The third-order valence-electron chi connectivity index (χ3n) is 3.49. The van der Waals surface area contributed by atoms with Gasteiger partial charge in [0.15, 0.2) is 0 Å². The van der Waals surface area contributed by atoms with Crippen LogP contribution in [0.4, 0.5) is 4.39 Å². The molecule has 2 aliphatic rings. The quantitative estimate of drug-likeness (QED) is 0.649. The molecule has 2 aliphatic carbocycles. The Morgan fingerprint density at radius 2 is 2.12 bits per heavy atom. The molecule has 1 saturated carbocycles. The van der Waals surface area contributed by atoms with E-state index in [0.717, 1.165) is 31.3 Å². The first-order valence-corrected chi connectivity index (χ1v) is 5.86. The third kappa shape index (κ3) is 2.28. The highest BCUT2D eigenvalue weighted by Gasteiger charge is 2.33. The molecule has 0 heterocycles. The van der Waals surface area contributed by atoms with Gasteiger partial charge >= 0.3 is 0 Å². The Kier molecular flexibility index (Phi) is 3.31. The normalized spacial score (nSPS) is 29.1. The highest BCUT2D eigenvalue weighted by molar-refractivity contribution is 5.79. The first kappa shape index (κ1) is 11.2. The Morgan fingerprint density at radius 3 is 2.75 bits per heavy atom. The van der Waals surface area contributed by atoms with Crippen LogP contribution >= 0.6 is 0 Å². The lowest BCUT2D eigenvalue weighted by Crippen LogP contribution is -2.26. The van der Waals surface area contributed by atoms with E-state index < -0.39 is 0 Å². The van der Waals surface area contributed by atoms with Crippen LogP contribution in [0.3, 0.4) is 0 Å². The maximum atomic E-state index is 12.8. The molecule has 2 heteroatoms. The van der Waals surface area contributed by atoms with Crippen LogP contribution < -0.4 is 0 Å². The molecule has 0 aromatic heterocycles. The second kappa shape index (κ2) is 4.71. The average Bonchev–Trinajstić information content (AvgIpc) is 2.30. The van der Waals surface area contributed by atoms with Gasteiger partial charge in [0.2, 0.25) is 5.83 Å². The van der Waals surface area contributed by atoms with Crippen molar-refractivity contribution in [1.29, 1.82) is 0 Å². The molecule has 1 nitrogen and oxygen atoms in total. The number of Topliss-reactive ketones (excluding diaryl/α,β-unsaturated/α-hetero) is 1. The summed E-state index contributed by atoms with van der Waals surface area (Å²) in [4.78, 5) is 11.6. The second-order valence-electron chi connectivity index (χ2n) is 4.57. The summed E-state index contributed by atoms with van der Waals surface area (Å²) < 4.78 is 12.8.